The third-order valence-corrected chi connectivity index (χ3v) is 8.87. The molecule has 3 aromatic rings. The summed E-state index contributed by atoms with van der Waals surface area (Å²) in [5.74, 6) is -0.852. The monoisotopic (exact) mass is 569 g/mol. The molecule has 0 aromatic heterocycles. The Morgan fingerprint density at radius 1 is 0.897 bits per heavy atom. The third-order valence-electron chi connectivity index (χ3n) is 6.71. The summed E-state index contributed by atoms with van der Waals surface area (Å²) in [7, 11) is -4.09. The Balaban J connectivity index is 2.02. The van der Waals surface area contributed by atoms with Gasteiger partial charge in [0.05, 0.1) is 10.6 Å². The van der Waals surface area contributed by atoms with Crippen LogP contribution in [-0.2, 0) is 32.6 Å². The number of amides is 2. The minimum Gasteiger partial charge on any atom is -0.352 e. The van der Waals surface area contributed by atoms with E-state index in [2.05, 4.69) is 5.32 Å². The van der Waals surface area contributed by atoms with Crippen LogP contribution in [0.25, 0.3) is 0 Å². The second-order valence-electron chi connectivity index (χ2n) is 9.45. The standard InChI is InChI=1S/C30H36ClN3O4S/c1-5-22(3)32-30(36)23(4)33(20-25-12-10-11-15-28(25)31)29(35)21-34(26-18-16-24(6-2)17-19-26)39(37,38)27-13-8-7-9-14-27/h7-19,22-23H,5-6,20-21H2,1-4H3,(H,32,36)/t22-,23-/m0/s1. The number of carbonyl (C=O) groups excluding carboxylic acids is 2. The van der Waals surface area contributed by atoms with Crippen molar-refractivity contribution in [2.75, 3.05) is 10.8 Å². The summed E-state index contributed by atoms with van der Waals surface area (Å²) in [6, 6.07) is 21.2. The average Bonchev–Trinajstić information content (AvgIpc) is 2.95. The van der Waals surface area contributed by atoms with Crippen LogP contribution in [0.15, 0.2) is 83.8 Å². The molecule has 0 aliphatic rings. The lowest BCUT2D eigenvalue weighted by atomic mass is 10.1. The Morgan fingerprint density at radius 3 is 2.10 bits per heavy atom. The van der Waals surface area contributed by atoms with Crippen LogP contribution in [0.4, 0.5) is 5.69 Å². The number of carbonyl (C=O) groups is 2. The van der Waals surface area contributed by atoms with Crippen molar-refractivity contribution in [1.82, 2.24) is 10.2 Å². The topological polar surface area (TPSA) is 86.8 Å². The normalized spacial score (nSPS) is 12.8. The molecule has 0 heterocycles. The van der Waals surface area contributed by atoms with Crippen molar-refractivity contribution in [3.63, 3.8) is 0 Å². The van der Waals surface area contributed by atoms with E-state index in [1.165, 1.54) is 17.0 Å². The number of hydrogen-bond donors (Lipinski definition) is 1. The SMILES string of the molecule is CCc1ccc(N(CC(=O)N(Cc2ccccc2Cl)[C@@H](C)C(=O)N[C@@H](C)CC)S(=O)(=O)c2ccccc2)cc1. The van der Waals surface area contributed by atoms with Gasteiger partial charge in [-0.2, -0.15) is 0 Å². The van der Waals surface area contributed by atoms with E-state index in [1.807, 2.05) is 32.9 Å². The van der Waals surface area contributed by atoms with Gasteiger partial charge in [-0.25, -0.2) is 8.42 Å². The Kier molecular flexibility index (Phi) is 10.5. The van der Waals surface area contributed by atoms with Crippen LogP contribution < -0.4 is 9.62 Å². The Hall–Kier alpha value is -3.36. The summed E-state index contributed by atoms with van der Waals surface area (Å²) >= 11 is 6.40. The molecule has 0 aliphatic heterocycles. The molecule has 7 nitrogen and oxygen atoms in total. The lowest BCUT2D eigenvalue weighted by Gasteiger charge is -2.32. The van der Waals surface area contributed by atoms with Crippen LogP contribution >= 0.6 is 11.6 Å². The van der Waals surface area contributed by atoms with Gasteiger partial charge in [-0.1, -0.05) is 74.0 Å². The van der Waals surface area contributed by atoms with Gasteiger partial charge in [-0.05, 0) is 68.1 Å². The number of nitrogens with zero attached hydrogens (tertiary/aromatic N) is 2. The summed E-state index contributed by atoms with van der Waals surface area (Å²) < 4.78 is 28.7. The number of benzene rings is 3. The molecular formula is C30H36ClN3O4S. The largest absolute Gasteiger partial charge is 0.352 e. The molecule has 0 spiro atoms. The fourth-order valence-electron chi connectivity index (χ4n) is 4.00. The molecule has 3 rings (SSSR count). The van der Waals surface area contributed by atoms with E-state index in [9.17, 15) is 18.0 Å². The summed E-state index contributed by atoms with van der Waals surface area (Å²) in [6.07, 6.45) is 1.52. The Labute approximate surface area is 236 Å². The number of aryl methyl sites for hydroxylation is 1. The van der Waals surface area contributed by atoms with E-state index in [4.69, 9.17) is 11.6 Å². The highest BCUT2D eigenvalue weighted by Crippen LogP contribution is 2.26. The van der Waals surface area contributed by atoms with Crippen LogP contribution in [0, 0.1) is 0 Å². The number of hydrogen-bond acceptors (Lipinski definition) is 4. The molecule has 0 saturated heterocycles. The van der Waals surface area contributed by atoms with E-state index in [1.54, 1.807) is 61.5 Å². The van der Waals surface area contributed by atoms with Gasteiger partial charge in [-0.3, -0.25) is 13.9 Å². The first kappa shape index (κ1) is 30.2. The van der Waals surface area contributed by atoms with Crippen LogP contribution in [-0.4, -0.2) is 43.8 Å². The molecule has 0 fully saturated rings. The summed E-state index contributed by atoms with van der Waals surface area (Å²) in [6.45, 7) is 7.04. The summed E-state index contributed by atoms with van der Waals surface area (Å²) in [4.78, 5) is 28.5. The zero-order valence-corrected chi connectivity index (χ0v) is 24.4. The highest BCUT2D eigenvalue weighted by Gasteiger charge is 2.33. The van der Waals surface area contributed by atoms with Crippen molar-refractivity contribution in [2.24, 2.45) is 0 Å². The van der Waals surface area contributed by atoms with Crippen molar-refractivity contribution < 1.29 is 18.0 Å². The molecule has 208 valence electrons. The molecule has 1 N–H and O–H groups in total. The van der Waals surface area contributed by atoms with Crippen molar-refractivity contribution in [2.45, 2.75) is 64.1 Å². The minimum absolute atomic E-state index is 0.0433. The first-order valence-electron chi connectivity index (χ1n) is 13.1. The maximum atomic E-state index is 13.9. The molecule has 2 amide bonds. The van der Waals surface area contributed by atoms with Gasteiger partial charge in [0.2, 0.25) is 11.8 Å². The smallest absolute Gasteiger partial charge is 0.264 e. The van der Waals surface area contributed by atoms with Crippen molar-refractivity contribution in [3.8, 4) is 0 Å². The van der Waals surface area contributed by atoms with Gasteiger partial charge in [0, 0.05) is 17.6 Å². The zero-order chi connectivity index (χ0) is 28.6. The maximum Gasteiger partial charge on any atom is 0.264 e. The molecule has 39 heavy (non-hydrogen) atoms. The Bertz CT molecular complexity index is 1360. The molecule has 0 radical (unpaired) electrons. The van der Waals surface area contributed by atoms with Gasteiger partial charge < -0.3 is 10.2 Å². The molecule has 2 atom stereocenters. The van der Waals surface area contributed by atoms with Crippen LogP contribution in [0.5, 0.6) is 0 Å². The first-order valence-corrected chi connectivity index (χ1v) is 14.9. The maximum absolute atomic E-state index is 13.9. The molecule has 0 unspecified atom stereocenters. The summed E-state index contributed by atoms with van der Waals surface area (Å²) in [5.41, 5.74) is 2.05. The van der Waals surface area contributed by atoms with E-state index in [0.717, 1.165) is 22.7 Å². The molecule has 9 heteroatoms. The van der Waals surface area contributed by atoms with Crippen molar-refractivity contribution in [1.29, 1.82) is 0 Å². The van der Waals surface area contributed by atoms with Crippen molar-refractivity contribution >= 4 is 39.1 Å². The van der Waals surface area contributed by atoms with E-state index in [0.29, 0.717) is 16.3 Å². The molecule has 0 saturated carbocycles. The lowest BCUT2D eigenvalue weighted by molar-refractivity contribution is -0.139. The predicted octanol–water partition coefficient (Wildman–Crippen LogP) is 5.43. The van der Waals surface area contributed by atoms with Crippen molar-refractivity contribution in [3.05, 3.63) is 95.0 Å². The minimum atomic E-state index is -4.09. The predicted molar refractivity (Wildman–Crippen MR) is 156 cm³/mol. The number of halogens is 1. The van der Waals surface area contributed by atoms with Crippen LogP contribution in [0.3, 0.4) is 0 Å². The third kappa shape index (κ3) is 7.61. The van der Waals surface area contributed by atoms with Gasteiger partial charge in [0.1, 0.15) is 12.6 Å². The van der Waals surface area contributed by atoms with E-state index >= 15 is 0 Å². The fraction of sp³-hybridized carbons (Fsp3) is 0.333. The fourth-order valence-corrected chi connectivity index (χ4v) is 5.64. The number of anilines is 1. The van der Waals surface area contributed by atoms with Crippen LogP contribution in [0.2, 0.25) is 5.02 Å². The van der Waals surface area contributed by atoms with E-state index < -0.39 is 28.5 Å². The molecular weight excluding hydrogens is 534 g/mol. The quantitative estimate of drug-likeness (QED) is 0.315. The highest BCUT2D eigenvalue weighted by atomic mass is 35.5. The second-order valence-corrected chi connectivity index (χ2v) is 11.7. The zero-order valence-electron chi connectivity index (χ0n) is 22.8. The number of sulfonamides is 1. The highest BCUT2D eigenvalue weighted by molar-refractivity contribution is 7.92. The van der Waals surface area contributed by atoms with Gasteiger partial charge in [-0.15, -0.1) is 0 Å². The van der Waals surface area contributed by atoms with Gasteiger partial charge >= 0.3 is 0 Å². The van der Waals surface area contributed by atoms with Gasteiger partial charge in [0.15, 0.2) is 0 Å². The number of rotatable bonds is 12. The second kappa shape index (κ2) is 13.6. The molecule has 3 aromatic carbocycles. The Morgan fingerprint density at radius 2 is 1.51 bits per heavy atom. The van der Waals surface area contributed by atoms with Crippen LogP contribution in [0.1, 0.15) is 45.2 Å². The first-order chi connectivity index (χ1) is 18.6. The molecule has 0 bridgehead atoms. The average molecular weight is 570 g/mol. The number of nitrogens with one attached hydrogen (secondary N) is 1. The van der Waals surface area contributed by atoms with Gasteiger partial charge in [0.25, 0.3) is 10.0 Å². The molecule has 0 aliphatic carbocycles. The summed E-state index contributed by atoms with van der Waals surface area (Å²) in [5, 5.41) is 3.37. The van der Waals surface area contributed by atoms with E-state index in [-0.39, 0.29) is 23.4 Å². The lowest BCUT2D eigenvalue weighted by Crippen LogP contribution is -2.52.